The molecule has 5 aliphatic heterocycles. The molecule has 3 radical (unpaired) electrons. The van der Waals surface area contributed by atoms with Gasteiger partial charge in [0.15, 0.2) is 16.8 Å². The minimum absolute atomic E-state index is 0. The topological polar surface area (TPSA) is 209 Å². The standard InChI is InChI=1S/C11H10Cl2O2.C11H9ClO4.2C11H11ClO3.C4H8O.CH4.B.Cl2OS/c1-11(2)10(14)8-4-7(13)3-6(5-12)9(8)15-11;1-11(2)9(13)6-3-5(12)4-7(10(14)15)8(6)16-11;1-11(2)10(14)8-4-7(12)3-6(5-13)9(8)15-11;1-11(2)5-6-3-7(12)4-8(10(13)14)9(6)15-11;1-2-4-5-3-1;;;1-4(2)3/h3-4H,5H2,1-2H3;3-4H,1-2H3,(H,14,15);3-4,13H,5H2,1-2H3;3-4H,5H2,1-2H3,(H,13,14);1-4H2;1H4;;. The molecule has 0 spiro atoms. The number of aliphatic hydroxyl groups excluding tert-OH is 1. The molecule has 0 aromatic heterocycles. The summed E-state index contributed by atoms with van der Waals surface area (Å²) >= 11 is 29.1. The number of alkyl halides is 1. The summed E-state index contributed by atoms with van der Waals surface area (Å²) in [6.45, 7) is 15.7. The van der Waals surface area contributed by atoms with E-state index >= 15 is 0 Å². The molecule has 0 amide bonds. The van der Waals surface area contributed by atoms with Crippen LogP contribution in [0.5, 0.6) is 23.0 Å². The minimum atomic E-state index is -1.67. The summed E-state index contributed by atoms with van der Waals surface area (Å²) in [7, 11) is 7.36. The number of fused-ring (bicyclic) bond motifs is 4. The van der Waals surface area contributed by atoms with Crippen LogP contribution in [0, 0.1) is 0 Å². The lowest BCUT2D eigenvalue weighted by Crippen LogP contribution is -2.32. The highest BCUT2D eigenvalue weighted by Crippen LogP contribution is 2.43. The van der Waals surface area contributed by atoms with Crippen LogP contribution >= 0.6 is 79.4 Å². The molecule has 5 heterocycles. The van der Waals surface area contributed by atoms with Gasteiger partial charge in [-0.3, -0.25) is 14.4 Å². The molecular weight excluding hydrogens is 1100 g/mol. The van der Waals surface area contributed by atoms with Crippen molar-refractivity contribution in [3.63, 3.8) is 0 Å². The number of hydrogen-bond acceptors (Lipinski definition) is 12. The maximum absolute atomic E-state index is 11.9. The number of carboxylic acids is 2. The molecule has 0 unspecified atom stereocenters. The molecule has 72 heavy (non-hydrogen) atoms. The van der Waals surface area contributed by atoms with Crippen LogP contribution in [0.1, 0.15) is 144 Å². The average molecular weight is 1160 g/mol. The van der Waals surface area contributed by atoms with Crippen molar-refractivity contribution in [1.29, 1.82) is 0 Å². The molecule has 4 aromatic carbocycles. The first-order valence-corrected chi connectivity index (χ1v) is 25.9. The second-order valence-electron chi connectivity index (χ2n) is 17.9. The third kappa shape index (κ3) is 16.1. The molecule has 9 rings (SSSR count). The zero-order valence-corrected chi connectivity index (χ0v) is 45.6. The van der Waals surface area contributed by atoms with E-state index in [4.69, 9.17) is 101 Å². The first kappa shape index (κ1) is 64.3. The van der Waals surface area contributed by atoms with Gasteiger partial charge in [0.05, 0.1) is 29.2 Å². The summed E-state index contributed by atoms with van der Waals surface area (Å²) in [5.74, 6) is -0.707. The van der Waals surface area contributed by atoms with Crippen LogP contribution < -0.4 is 18.9 Å². The maximum Gasteiger partial charge on any atom is 0.339 e. The minimum Gasteiger partial charge on any atom is -0.486 e. The van der Waals surface area contributed by atoms with Gasteiger partial charge in [-0.1, -0.05) is 53.8 Å². The number of aromatic carboxylic acids is 2. The largest absolute Gasteiger partial charge is 0.486 e. The second kappa shape index (κ2) is 26.1. The van der Waals surface area contributed by atoms with Crippen LogP contribution in [0.15, 0.2) is 48.5 Å². The molecular formula is C49H53BCl7O14S. The van der Waals surface area contributed by atoms with Crippen LogP contribution in [0.2, 0.25) is 20.1 Å². The number of ketones is 3. The summed E-state index contributed by atoms with van der Waals surface area (Å²) in [4.78, 5) is 57.6. The normalized spacial score (nSPS) is 16.7. The molecule has 391 valence electrons. The van der Waals surface area contributed by atoms with E-state index in [0.717, 1.165) is 24.3 Å². The Morgan fingerprint density at radius 2 is 0.931 bits per heavy atom. The van der Waals surface area contributed by atoms with Gasteiger partial charge in [-0.15, -0.1) is 11.6 Å². The van der Waals surface area contributed by atoms with Gasteiger partial charge in [0, 0.05) is 86.2 Å². The molecule has 1 saturated heterocycles. The van der Waals surface area contributed by atoms with Gasteiger partial charge in [0.25, 0.3) is 0 Å². The number of carboxylic acid groups (broad SMARTS) is 2. The average Bonchev–Trinajstić information content (AvgIpc) is 4.06. The van der Waals surface area contributed by atoms with Gasteiger partial charge in [-0.25, -0.2) is 13.8 Å². The highest BCUT2D eigenvalue weighted by atomic mass is 36.0. The lowest BCUT2D eigenvalue weighted by atomic mass is 9.99. The molecule has 14 nitrogen and oxygen atoms in total. The number of benzene rings is 4. The van der Waals surface area contributed by atoms with E-state index in [1.165, 1.54) is 31.0 Å². The molecule has 5 aliphatic rings. The Morgan fingerprint density at radius 3 is 1.31 bits per heavy atom. The molecule has 1 fully saturated rings. The van der Waals surface area contributed by atoms with Gasteiger partial charge >= 0.3 is 11.9 Å². The zero-order valence-electron chi connectivity index (χ0n) is 39.5. The Kier molecular flexibility index (Phi) is 23.3. The van der Waals surface area contributed by atoms with Crippen molar-refractivity contribution < 1.29 is 67.2 Å². The smallest absolute Gasteiger partial charge is 0.339 e. The first-order chi connectivity index (χ1) is 32.4. The Morgan fingerprint density at radius 1 is 0.583 bits per heavy atom. The van der Waals surface area contributed by atoms with Crippen molar-refractivity contribution in [2.75, 3.05) is 13.2 Å². The summed E-state index contributed by atoms with van der Waals surface area (Å²) in [5.41, 5.74) is 0.401. The fraction of sp³-hybridized carbons (Fsp3) is 0.408. The quantitative estimate of drug-likeness (QED) is 0.0987. The second-order valence-corrected chi connectivity index (χ2v) is 22.5. The Hall–Kier alpha value is -3.81. The molecule has 3 N–H and O–H groups in total. The fourth-order valence-electron chi connectivity index (χ4n) is 7.35. The first-order valence-electron chi connectivity index (χ1n) is 21.0. The summed E-state index contributed by atoms with van der Waals surface area (Å²) in [6.07, 6.45) is 3.24. The molecule has 0 bridgehead atoms. The molecule has 23 heteroatoms. The molecule has 4 aromatic rings. The number of ether oxygens (including phenoxy) is 5. The monoisotopic (exact) mass is 1150 g/mol. The van der Waals surface area contributed by atoms with Crippen LogP contribution in [0.25, 0.3) is 0 Å². The van der Waals surface area contributed by atoms with E-state index in [0.29, 0.717) is 55.4 Å². The Bertz CT molecular complexity index is 2630. The lowest BCUT2D eigenvalue weighted by Gasteiger charge is -2.17. The number of rotatable bonds is 4. The number of hydrogen-bond donors (Lipinski definition) is 3. The van der Waals surface area contributed by atoms with E-state index < -0.39 is 38.0 Å². The van der Waals surface area contributed by atoms with Crippen LogP contribution in [0.3, 0.4) is 0 Å². The predicted octanol–water partition coefficient (Wildman–Crippen LogP) is 12.9. The van der Waals surface area contributed by atoms with Crippen molar-refractivity contribution in [2.45, 2.75) is 117 Å². The van der Waals surface area contributed by atoms with E-state index in [9.17, 15) is 24.0 Å². The molecule has 0 saturated carbocycles. The van der Waals surface area contributed by atoms with Gasteiger partial charge in [-0.2, -0.15) is 0 Å². The van der Waals surface area contributed by atoms with Crippen molar-refractivity contribution in [3.05, 3.63) is 113 Å². The maximum atomic E-state index is 11.9. The third-order valence-electron chi connectivity index (χ3n) is 10.5. The van der Waals surface area contributed by atoms with E-state index in [1.54, 1.807) is 71.9 Å². The van der Waals surface area contributed by atoms with Crippen molar-refractivity contribution in [1.82, 2.24) is 0 Å². The highest BCUT2D eigenvalue weighted by molar-refractivity contribution is 8.26. The number of Topliss-reactive ketones (excluding diaryl/α,β-unsaturated/α-hetero) is 3. The Labute approximate surface area is 456 Å². The summed E-state index contributed by atoms with van der Waals surface area (Å²) < 4.78 is 36.1. The van der Waals surface area contributed by atoms with E-state index in [1.807, 2.05) is 13.8 Å². The van der Waals surface area contributed by atoms with Gasteiger partial charge in [0.1, 0.15) is 39.7 Å². The van der Waals surface area contributed by atoms with Crippen molar-refractivity contribution in [2.24, 2.45) is 0 Å². The zero-order chi connectivity index (χ0) is 52.8. The molecule has 0 atom stereocenters. The van der Waals surface area contributed by atoms with E-state index in [2.05, 4.69) is 21.4 Å². The number of carbonyl (C=O) groups is 5. The van der Waals surface area contributed by atoms with Crippen LogP contribution in [-0.2, 0) is 32.9 Å². The lowest BCUT2D eigenvalue weighted by molar-refractivity contribution is 0.0641. The van der Waals surface area contributed by atoms with Crippen molar-refractivity contribution in [3.8, 4) is 23.0 Å². The molecule has 0 aliphatic carbocycles. The van der Waals surface area contributed by atoms with Gasteiger partial charge in [0.2, 0.25) is 26.6 Å². The van der Waals surface area contributed by atoms with E-state index in [-0.39, 0.29) is 78.7 Å². The number of carbonyl (C=O) groups excluding carboxylic acids is 3. The summed E-state index contributed by atoms with van der Waals surface area (Å²) in [6, 6.07) is 12.4. The SMILES string of the molecule is C.C1CCOC1.CC1(C)Cc2cc(Cl)cc(C(=O)O)c2O1.CC1(C)Oc2c(C(=O)O)cc(Cl)cc2C1=O.CC1(C)Oc2c(CCl)cc(Cl)cc2C1=O.CC1(C)Oc2c(CO)cc(Cl)cc2C1=O.O=S(Cl)Cl.[B]. The Balaban J connectivity index is 0.000000308. The summed E-state index contributed by atoms with van der Waals surface area (Å²) in [5, 5.41) is 28.7. The van der Waals surface area contributed by atoms with Crippen molar-refractivity contribution >= 4 is 126 Å². The van der Waals surface area contributed by atoms with Crippen LogP contribution in [-0.4, -0.2) is 92.8 Å². The fourth-order valence-corrected chi connectivity index (χ4v) is 8.49. The third-order valence-corrected chi connectivity index (χ3v) is 11.6. The number of aliphatic hydroxyl groups is 1. The predicted molar refractivity (Wildman–Crippen MR) is 283 cm³/mol. The highest BCUT2D eigenvalue weighted by Gasteiger charge is 2.44. The van der Waals surface area contributed by atoms with Gasteiger partial charge in [-0.05, 0) is 117 Å². The van der Waals surface area contributed by atoms with Gasteiger partial charge < -0.3 is 39.0 Å². The van der Waals surface area contributed by atoms with Crippen LogP contribution in [0.4, 0.5) is 0 Å². The number of halogens is 7.